The molecule has 0 saturated heterocycles. The lowest BCUT2D eigenvalue weighted by Gasteiger charge is -2.08. The number of benzene rings is 3. The van der Waals surface area contributed by atoms with Crippen molar-refractivity contribution in [3.8, 4) is 16.9 Å². The van der Waals surface area contributed by atoms with Crippen molar-refractivity contribution in [2.24, 2.45) is 0 Å². The normalized spacial score (nSPS) is 11.6. The zero-order chi connectivity index (χ0) is 17.4. The van der Waals surface area contributed by atoms with Crippen LogP contribution in [0.5, 0.6) is 5.75 Å². The number of ketones is 1. The van der Waals surface area contributed by atoms with E-state index in [1.807, 2.05) is 30.3 Å². The Morgan fingerprint density at radius 1 is 0.840 bits per heavy atom. The van der Waals surface area contributed by atoms with Crippen molar-refractivity contribution >= 4 is 17.4 Å². The first-order valence-electron chi connectivity index (χ1n) is 7.91. The SMILES string of the molecule is COc1cccc(NC(=O)c2ccc3c(c2)C(=O)c2ccccc2-3)c1. The molecule has 3 aromatic carbocycles. The third-order valence-corrected chi connectivity index (χ3v) is 4.32. The van der Waals surface area contributed by atoms with E-state index in [2.05, 4.69) is 5.32 Å². The zero-order valence-electron chi connectivity index (χ0n) is 13.6. The maximum Gasteiger partial charge on any atom is 0.255 e. The lowest BCUT2D eigenvalue weighted by molar-refractivity contribution is 0.102. The molecule has 0 unspecified atom stereocenters. The van der Waals surface area contributed by atoms with E-state index in [0.717, 1.165) is 11.1 Å². The molecule has 0 atom stereocenters. The number of carbonyl (C=O) groups is 2. The second-order valence-electron chi connectivity index (χ2n) is 5.82. The molecule has 0 saturated carbocycles. The van der Waals surface area contributed by atoms with E-state index in [1.54, 1.807) is 43.5 Å². The van der Waals surface area contributed by atoms with Gasteiger partial charge in [0.1, 0.15) is 5.75 Å². The molecular formula is C21H15NO3. The molecule has 1 N–H and O–H groups in total. The molecule has 1 amide bonds. The summed E-state index contributed by atoms with van der Waals surface area (Å²) in [6.45, 7) is 0. The van der Waals surface area contributed by atoms with Crippen LogP contribution in [0.15, 0.2) is 66.7 Å². The fourth-order valence-corrected chi connectivity index (χ4v) is 3.07. The van der Waals surface area contributed by atoms with Gasteiger partial charge < -0.3 is 10.1 Å². The van der Waals surface area contributed by atoms with Crippen LogP contribution in [0, 0.1) is 0 Å². The molecule has 0 bridgehead atoms. The van der Waals surface area contributed by atoms with Gasteiger partial charge in [-0.15, -0.1) is 0 Å². The monoisotopic (exact) mass is 329 g/mol. The van der Waals surface area contributed by atoms with E-state index in [0.29, 0.717) is 28.1 Å². The van der Waals surface area contributed by atoms with Gasteiger partial charge in [0.25, 0.3) is 5.91 Å². The molecule has 1 aliphatic carbocycles. The smallest absolute Gasteiger partial charge is 0.255 e. The summed E-state index contributed by atoms with van der Waals surface area (Å²) in [7, 11) is 1.57. The molecule has 1 aliphatic rings. The van der Waals surface area contributed by atoms with Crippen molar-refractivity contribution in [1.29, 1.82) is 0 Å². The summed E-state index contributed by atoms with van der Waals surface area (Å²) < 4.78 is 5.16. The van der Waals surface area contributed by atoms with Crippen LogP contribution in [0.4, 0.5) is 5.69 Å². The van der Waals surface area contributed by atoms with Gasteiger partial charge in [0.05, 0.1) is 7.11 Å². The topological polar surface area (TPSA) is 55.4 Å². The van der Waals surface area contributed by atoms with E-state index in [9.17, 15) is 9.59 Å². The lowest BCUT2D eigenvalue weighted by atomic mass is 10.0. The minimum Gasteiger partial charge on any atom is -0.497 e. The van der Waals surface area contributed by atoms with Crippen LogP contribution in [0.2, 0.25) is 0 Å². The van der Waals surface area contributed by atoms with Crippen LogP contribution in [-0.4, -0.2) is 18.8 Å². The van der Waals surface area contributed by atoms with E-state index < -0.39 is 0 Å². The van der Waals surface area contributed by atoms with Crippen molar-refractivity contribution in [3.05, 3.63) is 83.4 Å². The highest BCUT2D eigenvalue weighted by atomic mass is 16.5. The van der Waals surface area contributed by atoms with E-state index >= 15 is 0 Å². The molecule has 4 nitrogen and oxygen atoms in total. The van der Waals surface area contributed by atoms with Gasteiger partial charge in [0.2, 0.25) is 0 Å². The average Bonchev–Trinajstić information content (AvgIpc) is 2.94. The Morgan fingerprint density at radius 2 is 1.60 bits per heavy atom. The molecule has 0 aliphatic heterocycles. The van der Waals surface area contributed by atoms with Crippen LogP contribution >= 0.6 is 0 Å². The van der Waals surface area contributed by atoms with Gasteiger partial charge in [-0.05, 0) is 35.4 Å². The Morgan fingerprint density at radius 3 is 2.40 bits per heavy atom. The van der Waals surface area contributed by atoms with Gasteiger partial charge in [0.15, 0.2) is 5.78 Å². The molecule has 122 valence electrons. The predicted octanol–water partition coefficient (Wildman–Crippen LogP) is 4.16. The Hall–Kier alpha value is -3.40. The first kappa shape index (κ1) is 15.1. The summed E-state index contributed by atoms with van der Waals surface area (Å²) in [6, 6.07) is 19.9. The number of ether oxygens (including phenoxy) is 1. The molecular weight excluding hydrogens is 314 g/mol. The van der Waals surface area contributed by atoms with Crippen molar-refractivity contribution in [2.45, 2.75) is 0 Å². The number of fused-ring (bicyclic) bond motifs is 3. The van der Waals surface area contributed by atoms with Crippen LogP contribution in [0.25, 0.3) is 11.1 Å². The highest BCUT2D eigenvalue weighted by Crippen LogP contribution is 2.36. The van der Waals surface area contributed by atoms with Gasteiger partial charge >= 0.3 is 0 Å². The van der Waals surface area contributed by atoms with Gasteiger partial charge in [-0.2, -0.15) is 0 Å². The van der Waals surface area contributed by atoms with Crippen molar-refractivity contribution in [1.82, 2.24) is 0 Å². The zero-order valence-corrected chi connectivity index (χ0v) is 13.6. The lowest BCUT2D eigenvalue weighted by Crippen LogP contribution is -2.12. The highest BCUT2D eigenvalue weighted by Gasteiger charge is 2.27. The van der Waals surface area contributed by atoms with Crippen LogP contribution in [0.3, 0.4) is 0 Å². The predicted molar refractivity (Wildman–Crippen MR) is 96.3 cm³/mol. The highest BCUT2D eigenvalue weighted by molar-refractivity contribution is 6.22. The van der Waals surface area contributed by atoms with Gasteiger partial charge in [-0.3, -0.25) is 9.59 Å². The third kappa shape index (κ3) is 2.58. The molecule has 4 rings (SSSR count). The van der Waals surface area contributed by atoms with E-state index in [1.165, 1.54) is 0 Å². The Balaban J connectivity index is 1.65. The summed E-state index contributed by atoms with van der Waals surface area (Å²) in [5, 5.41) is 2.83. The number of methoxy groups -OCH3 is 1. The number of rotatable bonds is 3. The molecule has 0 spiro atoms. The number of anilines is 1. The first-order chi connectivity index (χ1) is 12.2. The minimum absolute atomic E-state index is 0.0402. The maximum absolute atomic E-state index is 12.6. The molecule has 4 heteroatoms. The number of amides is 1. The van der Waals surface area contributed by atoms with Gasteiger partial charge in [0, 0.05) is 28.4 Å². The first-order valence-corrected chi connectivity index (χ1v) is 7.91. The fourth-order valence-electron chi connectivity index (χ4n) is 3.07. The molecule has 0 radical (unpaired) electrons. The van der Waals surface area contributed by atoms with Crippen molar-refractivity contribution in [3.63, 3.8) is 0 Å². The van der Waals surface area contributed by atoms with Crippen LogP contribution in [-0.2, 0) is 0 Å². The number of hydrogen-bond donors (Lipinski definition) is 1. The van der Waals surface area contributed by atoms with E-state index in [4.69, 9.17) is 4.74 Å². The Bertz CT molecular complexity index is 1010. The summed E-state index contributed by atoms with van der Waals surface area (Å²) in [4.78, 5) is 25.1. The van der Waals surface area contributed by atoms with Crippen molar-refractivity contribution < 1.29 is 14.3 Å². The fraction of sp³-hybridized carbons (Fsp3) is 0.0476. The van der Waals surface area contributed by atoms with Crippen LogP contribution < -0.4 is 10.1 Å². The second kappa shape index (κ2) is 5.91. The molecule has 0 aromatic heterocycles. The molecule has 0 heterocycles. The minimum atomic E-state index is -0.264. The summed E-state index contributed by atoms with van der Waals surface area (Å²) in [5.74, 6) is 0.360. The Labute approximate surface area is 145 Å². The number of nitrogens with one attached hydrogen (secondary N) is 1. The quantitative estimate of drug-likeness (QED) is 0.614. The maximum atomic E-state index is 12.6. The van der Waals surface area contributed by atoms with Crippen LogP contribution in [0.1, 0.15) is 26.3 Å². The van der Waals surface area contributed by atoms with Gasteiger partial charge in [-0.1, -0.05) is 36.4 Å². The third-order valence-electron chi connectivity index (χ3n) is 4.32. The number of carbonyl (C=O) groups excluding carboxylic acids is 2. The molecule has 3 aromatic rings. The standard InChI is InChI=1S/C21H15NO3/c1-25-15-6-4-5-14(12-15)22-21(24)13-9-10-17-16-7-2-3-8-18(16)20(23)19(17)11-13/h2-12H,1H3,(H,22,24). The summed E-state index contributed by atoms with van der Waals surface area (Å²) >= 11 is 0. The van der Waals surface area contributed by atoms with Crippen molar-refractivity contribution in [2.75, 3.05) is 12.4 Å². The molecule has 0 fully saturated rings. The summed E-state index contributed by atoms with van der Waals surface area (Å²) in [5.41, 5.74) is 4.13. The largest absolute Gasteiger partial charge is 0.497 e. The molecule has 25 heavy (non-hydrogen) atoms. The van der Waals surface area contributed by atoms with Gasteiger partial charge in [-0.25, -0.2) is 0 Å². The number of hydrogen-bond acceptors (Lipinski definition) is 3. The second-order valence-corrected chi connectivity index (χ2v) is 5.82. The Kier molecular flexibility index (Phi) is 3.58. The average molecular weight is 329 g/mol. The summed E-state index contributed by atoms with van der Waals surface area (Å²) in [6.07, 6.45) is 0. The van der Waals surface area contributed by atoms with E-state index in [-0.39, 0.29) is 11.7 Å².